The highest BCUT2D eigenvalue weighted by Gasteiger charge is 2.26. The lowest BCUT2D eigenvalue weighted by Gasteiger charge is -2.38. The predicted molar refractivity (Wildman–Crippen MR) is 146 cm³/mol. The van der Waals surface area contributed by atoms with Crippen LogP contribution < -0.4 is 5.32 Å². The van der Waals surface area contributed by atoms with Crippen LogP contribution in [0.15, 0.2) is 84.3 Å². The van der Waals surface area contributed by atoms with Gasteiger partial charge >= 0.3 is 0 Å². The van der Waals surface area contributed by atoms with Crippen LogP contribution in [0.5, 0.6) is 0 Å². The van der Waals surface area contributed by atoms with Crippen molar-refractivity contribution in [3.05, 3.63) is 89.8 Å². The first-order valence-electron chi connectivity index (χ1n) is 13.0. The smallest absolute Gasteiger partial charge is 0.293 e. The highest BCUT2D eigenvalue weighted by molar-refractivity contribution is 6.05. The zero-order valence-corrected chi connectivity index (χ0v) is 21.2. The van der Waals surface area contributed by atoms with Crippen molar-refractivity contribution in [3.8, 4) is 0 Å². The number of rotatable bonds is 10. The number of allylic oxidation sites excluding steroid dienone is 3. The van der Waals surface area contributed by atoms with Gasteiger partial charge in [-0.1, -0.05) is 67.6 Å². The molecule has 2 aliphatic rings. The Morgan fingerprint density at radius 2 is 1.75 bits per heavy atom. The number of amides is 1. The maximum Gasteiger partial charge on any atom is 0.293 e. The van der Waals surface area contributed by atoms with Gasteiger partial charge in [-0.3, -0.25) is 9.69 Å². The minimum atomic E-state index is -0.321. The van der Waals surface area contributed by atoms with Gasteiger partial charge in [0, 0.05) is 51.0 Å². The molecule has 6 heteroatoms. The fourth-order valence-electron chi connectivity index (χ4n) is 5.07. The number of anilines is 1. The van der Waals surface area contributed by atoms with Gasteiger partial charge < -0.3 is 20.4 Å². The lowest BCUT2D eigenvalue weighted by Crippen LogP contribution is -2.48. The van der Waals surface area contributed by atoms with Gasteiger partial charge in [0.1, 0.15) is 5.70 Å². The van der Waals surface area contributed by atoms with Gasteiger partial charge in [0.2, 0.25) is 5.76 Å². The average Bonchev–Trinajstić information content (AvgIpc) is 2.90. The third-order valence-electron chi connectivity index (χ3n) is 6.96. The summed E-state index contributed by atoms with van der Waals surface area (Å²) < 4.78 is 6.10. The Kier molecular flexibility index (Phi) is 9.33. The molecule has 1 aliphatic heterocycles. The van der Waals surface area contributed by atoms with E-state index in [1.54, 1.807) is 0 Å². The minimum Gasteiger partial charge on any atom is -0.486 e. The third-order valence-corrected chi connectivity index (χ3v) is 6.96. The number of piperazine rings is 1. The number of carbonyl (C=O) groups excluding carboxylic acids is 1. The molecule has 0 saturated carbocycles. The molecule has 1 saturated heterocycles. The van der Waals surface area contributed by atoms with Crippen molar-refractivity contribution < 1.29 is 9.53 Å². The van der Waals surface area contributed by atoms with Gasteiger partial charge in [0.15, 0.2) is 0 Å². The quantitative estimate of drug-likeness (QED) is 0.215. The van der Waals surface area contributed by atoms with Crippen LogP contribution in [0, 0.1) is 17.2 Å². The summed E-state index contributed by atoms with van der Waals surface area (Å²) in [4.78, 5) is 18.0. The number of ether oxygens (including phenoxy) is 1. The summed E-state index contributed by atoms with van der Waals surface area (Å²) in [5.41, 5.74) is 2.40. The standard InChI is InChI=1S/C30H38N4O2/c1-24-9-8-12-26(21-24)23-33-16-18-34(19-17-33)28(22-31)29(30(35)32-27-13-6-3-7-14-27)36-20-15-25-10-4-2-5-11-25/h2-11,13-14,22,24,26,31H,12,15-21,23H2,1H3,(H,32,35)/b29-28-,31-22?. The summed E-state index contributed by atoms with van der Waals surface area (Å²) in [5.74, 6) is 1.27. The summed E-state index contributed by atoms with van der Waals surface area (Å²) in [6, 6.07) is 19.5. The van der Waals surface area contributed by atoms with Crippen molar-refractivity contribution in [2.45, 2.75) is 26.2 Å². The monoisotopic (exact) mass is 486 g/mol. The molecular weight excluding hydrogens is 448 g/mol. The highest BCUT2D eigenvalue weighted by atomic mass is 16.5. The first-order valence-corrected chi connectivity index (χ1v) is 13.0. The van der Waals surface area contributed by atoms with Gasteiger partial charge in [-0.25, -0.2) is 0 Å². The molecule has 1 heterocycles. The number of hydrogen-bond donors (Lipinski definition) is 2. The number of para-hydroxylation sites is 1. The molecular formula is C30H38N4O2. The van der Waals surface area contributed by atoms with Crippen LogP contribution in [0.3, 0.4) is 0 Å². The molecule has 190 valence electrons. The molecule has 1 aliphatic carbocycles. The number of carbonyl (C=O) groups is 1. The fourth-order valence-corrected chi connectivity index (χ4v) is 5.07. The van der Waals surface area contributed by atoms with Crippen molar-refractivity contribution in [1.29, 1.82) is 5.41 Å². The largest absolute Gasteiger partial charge is 0.486 e. The highest BCUT2D eigenvalue weighted by Crippen LogP contribution is 2.25. The maximum atomic E-state index is 13.3. The zero-order chi connectivity index (χ0) is 25.2. The summed E-state index contributed by atoms with van der Waals surface area (Å²) in [7, 11) is 0. The summed E-state index contributed by atoms with van der Waals surface area (Å²) in [5, 5.41) is 11.1. The molecule has 2 atom stereocenters. The second-order valence-electron chi connectivity index (χ2n) is 9.79. The molecule has 1 fully saturated rings. The molecule has 2 N–H and O–H groups in total. The minimum absolute atomic E-state index is 0.212. The van der Waals surface area contributed by atoms with Crippen molar-refractivity contribution in [1.82, 2.24) is 9.80 Å². The normalized spacial score (nSPS) is 21.0. The van der Waals surface area contributed by atoms with Gasteiger partial charge in [-0.2, -0.15) is 0 Å². The van der Waals surface area contributed by atoms with Crippen molar-refractivity contribution in [3.63, 3.8) is 0 Å². The second kappa shape index (κ2) is 13.1. The van der Waals surface area contributed by atoms with Gasteiger partial charge in [-0.15, -0.1) is 0 Å². The predicted octanol–water partition coefficient (Wildman–Crippen LogP) is 4.97. The van der Waals surface area contributed by atoms with Crippen LogP contribution >= 0.6 is 0 Å². The van der Waals surface area contributed by atoms with E-state index in [1.807, 2.05) is 48.5 Å². The van der Waals surface area contributed by atoms with E-state index < -0.39 is 0 Å². The number of nitrogens with zero attached hydrogens (tertiary/aromatic N) is 2. The lowest BCUT2D eigenvalue weighted by molar-refractivity contribution is -0.116. The van der Waals surface area contributed by atoms with Crippen LogP contribution in [0.4, 0.5) is 5.69 Å². The second-order valence-corrected chi connectivity index (χ2v) is 9.79. The van der Waals surface area contributed by atoms with Crippen molar-refractivity contribution in [2.75, 3.05) is 44.6 Å². The summed E-state index contributed by atoms with van der Waals surface area (Å²) in [6.45, 7) is 7.15. The third kappa shape index (κ3) is 7.31. The number of benzene rings is 2. The Bertz CT molecular complexity index is 1040. The van der Waals surface area contributed by atoms with Gasteiger partial charge in [0.05, 0.1) is 6.61 Å². The molecule has 36 heavy (non-hydrogen) atoms. The SMILES string of the molecule is CC1C=CCC(CN2CCN(/C(C=N)=C(\OCCc3ccccc3)C(=O)Nc3ccccc3)CC2)C1. The summed E-state index contributed by atoms with van der Waals surface area (Å²) >= 11 is 0. The van der Waals surface area contributed by atoms with E-state index in [0.29, 0.717) is 36.2 Å². The maximum absolute atomic E-state index is 13.3. The van der Waals surface area contributed by atoms with E-state index >= 15 is 0 Å². The van der Waals surface area contributed by atoms with Gasteiger partial charge in [-0.05, 0) is 42.4 Å². The number of nitrogens with one attached hydrogen (secondary N) is 2. The molecule has 4 rings (SSSR count). The first-order chi connectivity index (χ1) is 17.6. The molecule has 0 bridgehead atoms. The lowest BCUT2D eigenvalue weighted by atomic mass is 9.87. The fraction of sp³-hybridized carbons (Fsp3) is 0.400. The molecule has 6 nitrogen and oxygen atoms in total. The number of hydrogen-bond acceptors (Lipinski definition) is 5. The van der Waals surface area contributed by atoms with E-state index in [9.17, 15) is 4.79 Å². The van der Waals surface area contributed by atoms with Crippen LogP contribution in [0.25, 0.3) is 0 Å². The molecule has 2 aromatic carbocycles. The van der Waals surface area contributed by atoms with Gasteiger partial charge in [0.25, 0.3) is 5.91 Å². The Morgan fingerprint density at radius 1 is 1.06 bits per heavy atom. The molecule has 0 spiro atoms. The average molecular weight is 487 g/mol. The van der Waals surface area contributed by atoms with Crippen molar-refractivity contribution >= 4 is 17.8 Å². The van der Waals surface area contributed by atoms with Crippen LogP contribution in [0.1, 0.15) is 25.3 Å². The van der Waals surface area contributed by atoms with E-state index in [4.69, 9.17) is 10.1 Å². The van der Waals surface area contributed by atoms with E-state index in [1.165, 1.54) is 12.6 Å². The molecule has 0 radical (unpaired) electrons. The van der Waals surface area contributed by atoms with Crippen molar-refractivity contribution in [2.24, 2.45) is 11.8 Å². The van der Waals surface area contributed by atoms with E-state index in [2.05, 4.69) is 46.3 Å². The Balaban J connectivity index is 1.43. The molecule has 1 amide bonds. The van der Waals surface area contributed by atoms with E-state index in [-0.39, 0.29) is 11.7 Å². The molecule has 0 aromatic heterocycles. The van der Waals surface area contributed by atoms with Crippen LogP contribution in [-0.4, -0.2) is 61.3 Å². The first kappa shape index (κ1) is 25.7. The Hall–Kier alpha value is -3.38. The Morgan fingerprint density at radius 3 is 2.42 bits per heavy atom. The topological polar surface area (TPSA) is 68.7 Å². The van der Waals surface area contributed by atoms with Crippen LogP contribution in [-0.2, 0) is 16.0 Å². The van der Waals surface area contributed by atoms with E-state index in [0.717, 1.165) is 44.7 Å². The molecule has 2 aromatic rings. The molecule has 2 unspecified atom stereocenters. The summed E-state index contributed by atoms with van der Waals surface area (Å²) in [6.07, 6.45) is 9.03. The zero-order valence-electron chi connectivity index (χ0n) is 21.2. The Labute approximate surface area is 215 Å². The van der Waals surface area contributed by atoms with Crippen LogP contribution in [0.2, 0.25) is 0 Å².